The van der Waals surface area contributed by atoms with Crippen LogP contribution < -0.4 is 5.32 Å². The monoisotopic (exact) mass is 445 g/mol. The molecule has 0 aromatic carbocycles. The maximum atomic E-state index is 13.6. The number of alkyl halides is 5. The number of anilines is 1. The van der Waals surface area contributed by atoms with Crippen molar-refractivity contribution >= 4 is 23.4 Å². The standard InChI is InChI=1S/C20H20F5N3OS/c1-11-14(20(23,24)25)10-27-17(12-3-6-19(21,22)7-4-12)16(11)18(29)28-13-5-8-26-15(9-13)30-2/h5,8-10,12H,3-4,6-7H2,1-2H3,(H,26,28,29). The summed E-state index contributed by atoms with van der Waals surface area (Å²) >= 11 is 1.35. The molecule has 1 N–H and O–H groups in total. The number of thioether (sulfide) groups is 1. The molecule has 2 heterocycles. The van der Waals surface area contributed by atoms with E-state index in [1.807, 2.05) is 0 Å². The first-order valence-corrected chi connectivity index (χ1v) is 10.5. The molecule has 0 bridgehead atoms. The lowest BCUT2D eigenvalue weighted by Gasteiger charge is -2.29. The molecular formula is C20H20F5N3OS. The van der Waals surface area contributed by atoms with Crippen molar-refractivity contribution in [1.82, 2.24) is 9.97 Å². The van der Waals surface area contributed by atoms with Gasteiger partial charge in [0.15, 0.2) is 0 Å². The van der Waals surface area contributed by atoms with Gasteiger partial charge in [-0.3, -0.25) is 9.78 Å². The molecule has 1 amide bonds. The topological polar surface area (TPSA) is 54.9 Å². The molecule has 0 aliphatic heterocycles. The van der Waals surface area contributed by atoms with Gasteiger partial charge in [0, 0.05) is 36.8 Å². The third-order valence-electron chi connectivity index (χ3n) is 5.21. The summed E-state index contributed by atoms with van der Waals surface area (Å²) in [7, 11) is 0. The predicted octanol–water partition coefficient (Wildman–Crippen LogP) is 6.07. The Morgan fingerprint density at radius 1 is 1.23 bits per heavy atom. The first kappa shape index (κ1) is 22.5. The Morgan fingerprint density at radius 2 is 1.90 bits per heavy atom. The second-order valence-corrected chi connectivity index (χ2v) is 8.05. The lowest BCUT2D eigenvalue weighted by molar-refractivity contribution is -0.138. The van der Waals surface area contributed by atoms with Gasteiger partial charge in [0.2, 0.25) is 5.92 Å². The van der Waals surface area contributed by atoms with Crippen molar-refractivity contribution in [2.24, 2.45) is 0 Å². The summed E-state index contributed by atoms with van der Waals surface area (Å²) in [6, 6.07) is 3.12. The fourth-order valence-corrected chi connectivity index (χ4v) is 4.02. The highest BCUT2D eigenvalue weighted by Crippen LogP contribution is 2.43. The zero-order valence-corrected chi connectivity index (χ0v) is 17.1. The van der Waals surface area contributed by atoms with Crippen LogP contribution in [-0.2, 0) is 6.18 Å². The van der Waals surface area contributed by atoms with Gasteiger partial charge >= 0.3 is 6.18 Å². The summed E-state index contributed by atoms with van der Waals surface area (Å²) in [5, 5.41) is 3.23. The van der Waals surface area contributed by atoms with Crippen molar-refractivity contribution in [2.45, 2.75) is 55.6 Å². The molecule has 0 radical (unpaired) electrons. The van der Waals surface area contributed by atoms with E-state index in [4.69, 9.17) is 0 Å². The molecule has 30 heavy (non-hydrogen) atoms. The number of nitrogens with zero attached hydrogens (tertiary/aromatic N) is 2. The molecule has 1 aliphatic carbocycles. The number of halogens is 5. The average Bonchev–Trinajstić information content (AvgIpc) is 2.66. The molecule has 2 aromatic rings. The zero-order chi connectivity index (χ0) is 22.1. The molecule has 162 valence electrons. The number of pyridine rings is 2. The molecular weight excluding hydrogens is 425 g/mol. The molecule has 3 rings (SSSR count). The van der Waals surface area contributed by atoms with E-state index in [0.29, 0.717) is 16.9 Å². The van der Waals surface area contributed by atoms with E-state index >= 15 is 0 Å². The SMILES string of the molecule is CSc1cc(NC(=O)c2c(C3CCC(F)(F)CC3)ncc(C(F)(F)F)c2C)ccn1. The Labute approximate surface area is 174 Å². The molecule has 0 spiro atoms. The lowest BCUT2D eigenvalue weighted by Crippen LogP contribution is -2.27. The molecule has 10 heteroatoms. The van der Waals surface area contributed by atoms with Crippen LogP contribution >= 0.6 is 11.8 Å². The summed E-state index contributed by atoms with van der Waals surface area (Å²) in [6.45, 7) is 1.21. The molecule has 1 aliphatic rings. The van der Waals surface area contributed by atoms with Gasteiger partial charge in [-0.25, -0.2) is 13.8 Å². The summed E-state index contributed by atoms with van der Waals surface area (Å²) in [6.07, 6.45) is -1.40. The maximum absolute atomic E-state index is 13.6. The van der Waals surface area contributed by atoms with Gasteiger partial charge in [-0.1, -0.05) is 0 Å². The highest BCUT2D eigenvalue weighted by atomic mass is 32.2. The van der Waals surface area contributed by atoms with E-state index in [2.05, 4.69) is 15.3 Å². The number of hydrogen-bond donors (Lipinski definition) is 1. The third kappa shape index (κ3) is 4.91. The summed E-state index contributed by atoms with van der Waals surface area (Å²) < 4.78 is 67.3. The number of carbonyl (C=O) groups is 1. The molecule has 0 saturated heterocycles. The smallest absolute Gasteiger partial charge is 0.322 e. The van der Waals surface area contributed by atoms with Gasteiger partial charge in [-0.15, -0.1) is 11.8 Å². The first-order valence-electron chi connectivity index (χ1n) is 9.28. The molecule has 1 saturated carbocycles. The highest BCUT2D eigenvalue weighted by molar-refractivity contribution is 7.98. The largest absolute Gasteiger partial charge is 0.418 e. The van der Waals surface area contributed by atoms with Gasteiger partial charge in [-0.2, -0.15) is 13.2 Å². The number of hydrogen-bond acceptors (Lipinski definition) is 4. The summed E-state index contributed by atoms with van der Waals surface area (Å²) in [5.41, 5.74) is -0.981. The Kier molecular flexibility index (Phi) is 6.35. The minimum Gasteiger partial charge on any atom is -0.322 e. The van der Waals surface area contributed by atoms with Crippen LogP contribution in [0.5, 0.6) is 0 Å². The number of aromatic nitrogens is 2. The Bertz CT molecular complexity index is 939. The van der Waals surface area contributed by atoms with Crippen molar-refractivity contribution in [2.75, 3.05) is 11.6 Å². The van der Waals surface area contributed by atoms with E-state index in [9.17, 15) is 26.7 Å². The van der Waals surface area contributed by atoms with Crippen LogP contribution in [0.3, 0.4) is 0 Å². The molecule has 4 nitrogen and oxygen atoms in total. The number of carbonyl (C=O) groups excluding carboxylic acids is 1. The van der Waals surface area contributed by atoms with Crippen molar-refractivity contribution in [3.05, 3.63) is 46.9 Å². The minimum atomic E-state index is -4.69. The van der Waals surface area contributed by atoms with Crippen LogP contribution in [0.2, 0.25) is 0 Å². The van der Waals surface area contributed by atoms with Crippen LogP contribution in [0.15, 0.2) is 29.6 Å². The maximum Gasteiger partial charge on any atom is 0.418 e. The number of amides is 1. The molecule has 2 aromatic heterocycles. The van der Waals surface area contributed by atoms with E-state index in [-0.39, 0.29) is 42.5 Å². The van der Waals surface area contributed by atoms with Crippen LogP contribution in [-0.4, -0.2) is 28.1 Å². The van der Waals surface area contributed by atoms with E-state index in [0.717, 1.165) is 0 Å². The van der Waals surface area contributed by atoms with E-state index in [1.54, 1.807) is 12.3 Å². The summed E-state index contributed by atoms with van der Waals surface area (Å²) in [4.78, 5) is 21.0. The average molecular weight is 445 g/mol. The third-order valence-corrected chi connectivity index (χ3v) is 5.85. The Balaban J connectivity index is 2.01. The predicted molar refractivity (Wildman–Crippen MR) is 104 cm³/mol. The highest BCUT2D eigenvalue weighted by Gasteiger charge is 2.40. The second kappa shape index (κ2) is 8.49. The summed E-state index contributed by atoms with van der Waals surface area (Å²) in [5.74, 6) is -4.06. The van der Waals surface area contributed by atoms with Gasteiger partial charge in [0.05, 0.1) is 21.8 Å². The molecule has 0 unspecified atom stereocenters. The van der Waals surface area contributed by atoms with Gasteiger partial charge in [0.1, 0.15) is 0 Å². The minimum absolute atomic E-state index is 0.0525. The molecule has 1 fully saturated rings. The van der Waals surface area contributed by atoms with Gasteiger partial charge < -0.3 is 5.32 Å². The van der Waals surface area contributed by atoms with Gasteiger partial charge in [0.25, 0.3) is 5.91 Å². The first-order chi connectivity index (χ1) is 14.0. The number of nitrogens with one attached hydrogen (secondary N) is 1. The van der Waals surface area contributed by atoms with Crippen molar-refractivity contribution in [1.29, 1.82) is 0 Å². The zero-order valence-electron chi connectivity index (χ0n) is 16.3. The number of rotatable bonds is 4. The fourth-order valence-electron chi connectivity index (χ4n) is 3.61. The van der Waals surface area contributed by atoms with Gasteiger partial charge in [-0.05, 0) is 43.7 Å². The Morgan fingerprint density at radius 3 is 2.50 bits per heavy atom. The van der Waals surface area contributed by atoms with Crippen molar-refractivity contribution < 1.29 is 26.7 Å². The second-order valence-electron chi connectivity index (χ2n) is 7.23. The quantitative estimate of drug-likeness (QED) is 0.458. The van der Waals surface area contributed by atoms with Crippen molar-refractivity contribution in [3.63, 3.8) is 0 Å². The molecule has 0 atom stereocenters. The van der Waals surface area contributed by atoms with Crippen LogP contribution in [0.25, 0.3) is 0 Å². The van der Waals surface area contributed by atoms with E-state index in [1.165, 1.54) is 30.9 Å². The van der Waals surface area contributed by atoms with Crippen LogP contribution in [0.4, 0.5) is 27.6 Å². The fraction of sp³-hybridized carbons (Fsp3) is 0.450. The van der Waals surface area contributed by atoms with Crippen LogP contribution in [0.1, 0.15) is 58.8 Å². The van der Waals surface area contributed by atoms with E-state index < -0.39 is 29.5 Å². The van der Waals surface area contributed by atoms with Crippen LogP contribution in [0, 0.1) is 6.92 Å². The normalized spacial score (nSPS) is 17.0. The lowest BCUT2D eigenvalue weighted by atomic mass is 9.81. The van der Waals surface area contributed by atoms with Crippen molar-refractivity contribution in [3.8, 4) is 0 Å². The Hall–Kier alpha value is -2.23.